The average Bonchev–Trinajstić information content (AvgIpc) is 1.96. The molecule has 1 rings (SSSR count). The summed E-state index contributed by atoms with van der Waals surface area (Å²) < 4.78 is 18.2. The summed E-state index contributed by atoms with van der Waals surface area (Å²) in [7, 11) is 1.44. The van der Waals surface area contributed by atoms with Crippen molar-refractivity contribution in [2.75, 3.05) is 7.11 Å². The third-order valence-electron chi connectivity index (χ3n) is 1.18. The topological polar surface area (TPSA) is 9.23 Å². The van der Waals surface area contributed by atoms with Gasteiger partial charge in [-0.15, -0.1) is 0 Å². The highest BCUT2D eigenvalue weighted by molar-refractivity contribution is 9.10. The van der Waals surface area contributed by atoms with Crippen molar-refractivity contribution in [3.63, 3.8) is 0 Å². The van der Waals surface area contributed by atoms with E-state index in [1.807, 2.05) is 0 Å². The average molecular weight is 239 g/mol. The summed E-state index contributed by atoms with van der Waals surface area (Å²) in [6.45, 7) is 0. The summed E-state index contributed by atoms with van der Waals surface area (Å²) in [5, 5.41) is 0.00991. The van der Waals surface area contributed by atoms with Crippen LogP contribution in [0.2, 0.25) is 5.02 Å². The largest absolute Gasteiger partial charge is 0.495 e. The van der Waals surface area contributed by atoms with Crippen molar-refractivity contribution in [1.29, 1.82) is 0 Å². The summed E-state index contributed by atoms with van der Waals surface area (Å²) in [4.78, 5) is 0. The maximum absolute atomic E-state index is 12.8. The van der Waals surface area contributed by atoms with Crippen LogP contribution >= 0.6 is 27.5 Å². The predicted octanol–water partition coefficient (Wildman–Crippen LogP) is 3.25. The minimum atomic E-state index is -0.488. The second kappa shape index (κ2) is 3.41. The minimum Gasteiger partial charge on any atom is -0.495 e. The molecular weight excluding hydrogens is 234 g/mol. The van der Waals surface area contributed by atoms with E-state index < -0.39 is 5.82 Å². The lowest BCUT2D eigenvalue weighted by atomic mass is 10.3. The van der Waals surface area contributed by atoms with E-state index in [0.29, 0.717) is 10.2 Å². The molecule has 0 radical (unpaired) electrons. The fourth-order valence-electron chi connectivity index (χ4n) is 0.681. The number of halogens is 3. The Balaban J connectivity index is 3.24. The zero-order valence-electron chi connectivity index (χ0n) is 5.70. The highest BCUT2D eigenvalue weighted by atomic mass is 79.9. The van der Waals surface area contributed by atoms with Gasteiger partial charge >= 0.3 is 0 Å². The summed E-state index contributed by atoms with van der Waals surface area (Å²) in [5.41, 5.74) is 0. The highest BCUT2D eigenvalue weighted by Crippen LogP contribution is 2.30. The molecule has 0 aliphatic heterocycles. The van der Waals surface area contributed by atoms with E-state index in [2.05, 4.69) is 15.9 Å². The SMILES string of the molecule is COc1cc(Br)cc(F)c1Cl. The van der Waals surface area contributed by atoms with Gasteiger partial charge in [-0.25, -0.2) is 4.39 Å². The van der Waals surface area contributed by atoms with Crippen LogP contribution in [0.5, 0.6) is 5.75 Å². The number of hydrogen-bond acceptors (Lipinski definition) is 1. The van der Waals surface area contributed by atoms with E-state index in [1.165, 1.54) is 13.2 Å². The van der Waals surface area contributed by atoms with E-state index in [1.54, 1.807) is 6.07 Å². The molecule has 1 aromatic carbocycles. The zero-order valence-corrected chi connectivity index (χ0v) is 8.04. The van der Waals surface area contributed by atoms with E-state index in [9.17, 15) is 4.39 Å². The Hall–Kier alpha value is -0.280. The van der Waals surface area contributed by atoms with Crippen LogP contribution in [0.15, 0.2) is 16.6 Å². The predicted molar refractivity (Wildman–Crippen MR) is 45.7 cm³/mol. The van der Waals surface area contributed by atoms with Gasteiger partial charge < -0.3 is 4.74 Å². The minimum absolute atomic E-state index is 0.00991. The van der Waals surface area contributed by atoms with E-state index >= 15 is 0 Å². The quantitative estimate of drug-likeness (QED) is 0.684. The molecule has 0 saturated heterocycles. The van der Waals surface area contributed by atoms with Crippen LogP contribution in [0, 0.1) is 5.82 Å². The first-order chi connectivity index (χ1) is 5.15. The summed E-state index contributed by atoms with van der Waals surface area (Å²) >= 11 is 8.65. The molecular formula is C7H5BrClFO. The van der Waals surface area contributed by atoms with Gasteiger partial charge in [0, 0.05) is 4.47 Å². The molecule has 0 amide bonds. The van der Waals surface area contributed by atoms with Gasteiger partial charge in [0.15, 0.2) is 0 Å². The standard InChI is InChI=1S/C7H5BrClFO/c1-11-6-3-4(8)2-5(10)7(6)9/h2-3H,1H3. The maximum Gasteiger partial charge on any atom is 0.146 e. The van der Waals surface area contributed by atoms with Crippen LogP contribution in [-0.2, 0) is 0 Å². The van der Waals surface area contributed by atoms with Crippen LogP contribution < -0.4 is 4.74 Å². The molecule has 0 aliphatic rings. The van der Waals surface area contributed by atoms with Gasteiger partial charge in [-0.2, -0.15) is 0 Å². The highest BCUT2D eigenvalue weighted by Gasteiger charge is 2.07. The van der Waals surface area contributed by atoms with Gasteiger partial charge in [-0.3, -0.25) is 0 Å². The van der Waals surface area contributed by atoms with Gasteiger partial charge in [-0.1, -0.05) is 27.5 Å². The summed E-state index contributed by atoms with van der Waals surface area (Å²) in [6.07, 6.45) is 0. The molecule has 0 heterocycles. The van der Waals surface area contributed by atoms with Crippen LogP contribution in [0.1, 0.15) is 0 Å². The van der Waals surface area contributed by atoms with Gasteiger partial charge in [-0.05, 0) is 12.1 Å². The van der Waals surface area contributed by atoms with Crippen molar-refractivity contribution >= 4 is 27.5 Å². The molecule has 1 nitrogen and oxygen atoms in total. The fraction of sp³-hybridized carbons (Fsp3) is 0.143. The smallest absolute Gasteiger partial charge is 0.146 e. The van der Waals surface area contributed by atoms with Crippen molar-refractivity contribution in [3.8, 4) is 5.75 Å². The molecule has 0 spiro atoms. The first kappa shape index (κ1) is 8.81. The molecule has 11 heavy (non-hydrogen) atoms. The Kier molecular flexibility index (Phi) is 2.73. The number of hydrogen-bond donors (Lipinski definition) is 0. The van der Waals surface area contributed by atoms with E-state index in [-0.39, 0.29) is 5.02 Å². The Bertz CT molecular complexity index is 277. The van der Waals surface area contributed by atoms with Crippen LogP contribution in [0.25, 0.3) is 0 Å². The lowest BCUT2D eigenvalue weighted by Gasteiger charge is -2.03. The molecule has 0 N–H and O–H groups in total. The third kappa shape index (κ3) is 1.84. The lowest BCUT2D eigenvalue weighted by molar-refractivity contribution is 0.411. The molecule has 4 heteroatoms. The first-order valence-corrected chi connectivity index (χ1v) is 4.00. The Morgan fingerprint density at radius 1 is 1.55 bits per heavy atom. The van der Waals surface area contributed by atoms with Crippen LogP contribution in [0.4, 0.5) is 4.39 Å². The number of benzene rings is 1. The van der Waals surface area contributed by atoms with E-state index in [0.717, 1.165) is 0 Å². The molecule has 0 saturated carbocycles. The van der Waals surface area contributed by atoms with Gasteiger partial charge in [0.2, 0.25) is 0 Å². The first-order valence-electron chi connectivity index (χ1n) is 2.83. The number of methoxy groups -OCH3 is 1. The molecule has 60 valence electrons. The summed E-state index contributed by atoms with van der Waals surface area (Å²) in [5.74, 6) is -0.156. The number of ether oxygens (including phenoxy) is 1. The van der Waals surface area contributed by atoms with Crippen molar-refractivity contribution in [1.82, 2.24) is 0 Å². The van der Waals surface area contributed by atoms with Crippen molar-refractivity contribution in [2.24, 2.45) is 0 Å². The van der Waals surface area contributed by atoms with Gasteiger partial charge in [0.1, 0.15) is 16.6 Å². The van der Waals surface area contributed by atoms with Crippen molar-refractivity contribution < 1.29 is 9.13 Å². The molecule has 0 aliphatic carbocycles. The number of rotatable bonds is 1. The summed E-state index contributed by atoms with van der Waals surface area (Å²) in [6, 6.07) is 2.89. The molecule has 0 unspecified atom stereocenters. The Morgan fingerprint density at radius 3 is 2.73 bits per heavy atom. The molecule has 0 atom stereocenters. The fourth-order valence-corrected chi connectivity index (χ4v) is 1.28. The van der Waals surface area contributed by atoms with Crippen molar-refractivity contribution in [2.45, 2.75) is 0 Å². The maximum atomic E-state index is 12.8. The molecule has 0 fully saturated rings. The van der Waals surface area contributed by atoms with Crippen LogP contribution in [0.3, 0.4) is 0 Å². The molecule has 0 bridgehead atoms. The Morgan fingerprint density at radius 2 is 2.18 bits per heavy atom. The van der Waals surface area contributed by atoms with Gasteiger partial charge in [0.05, 0.1) is 7.11 Å². The lowest BCUT2D eigenvalue weighted by Crippen LogP contribution is -1.86. The Labute approximate surface area is 77.2 Å². The normalized spacial score (nSPS) is 9.82. The second-order valence-electron chi connectivity index (χ2n) is 1.90. The third-order valence-corrected chi connectivity index (χ3v) is 2.00. The molecule has 1 aromatic rings. The van der Waals surface area contributed by atoms with Crippen LogP contribution in [-0.4, -0.2) is 7.11 Å². The van der Waals surface area contributed by atoms with E-state index in [4.69, 9.17) is 16.3 Å². The monoisotopic (exact) mass is 238 g/mol. The second-order valence-corrected chi connectivity index (χ2v) is 3.20. The van der Waals surface area contributed by atoms with Crippen molar-refractivity contribution in [3.05, 3.63) is 27.4 Å². The molecule has 0 aromatic heterocycles. The van der Waals surface area contributed by atoms with Gasteiger partial charge in [0.25, 0.3) is 0 Å². The zero-order chi connectivity index (χ0) is 8.43.